The molecule has 4 nitrogen and oxygen atoms in total. The quantitative estimate of drug-likeness (QED) is 0.138. The lowest BCUT2D eigenvalue weighted by Crippen LogP contribution is -2.40. The molecule has 0 unspecified atom stereocenters. The van der Waals surface area contributed by atoms with Crippen LogP contribution in [0, 0.1) is 0 Å². The minimum absolute atomic E-state index is 0.426. The van der Waals surface area contributed by atoms with E-state index in [0.717, 1.165) is 22.8 Å². The molecule has 1 aliphatic carbocycles. The number of carbonyl (C=O) groups is 1. The number of imidazole rings is 1. The van der Waals surface area contributed by atoms with Crippen molar-refractivity contribution in [2.24, 2.45) is 0 Å². The Bertz CT molecular complexity index is 1630. The zero-order valence-corrected chi connectivity index (χ0v) is 23.4. The Kier molecular flexibility index (Phi) is 7.57. The number of carbonyl (C=O) groups excluding carboxylic acids is 1. The molecule has 1 fully saturated rings. The molecule has 0 amide bonds. The van der Waals surface area contributed by atoms with Crippen molar-refractivity contribution in [2.75, 3.05) is 0 Å². The van der Waals surface area contributed by atoms with Gasteiger partial charge in [0.05, 0.1) is 17.7 Å². The van der Waals surface area contributed by atoms with E-state index >= 15 is 4.39 Å². The van der Waals surface area contributed by atoms with E-state index in [9.17, 15) is 13.6 Å². The van der Waals surface area contributed by atoms with Crippen molar-refractivity contribution in [1.29, 1.82) is 0 Å². The Morgan fingerprint density at radius 2 is 1.26 bits per heavy atom. The number of aromatic nitrogens is 3. The molecule has 1 aliphatic rings. The van der Waals surface area contributed by atoms with Crippen LogP contribution in [0.4, 0.5) is 13.2 Å². The monoisotopic (exact) mass is 577 g/mol. The molecule has 0 aliphatic heterocycles. The van der Waals surface area contributed by atoms with Crippen LogP contribution in [-0.2, 0) is 10.3 Å². The molecular formula is C36H30F3N3O. The van der Waals surface area contributed by atoms with Gasteiger partial charge in [0.2, 0.25) is 5.92 Å². The van der Waals surface area contributed by atoms with Gasteiger partial charge in [-0.2, -0.15) is 0 Å². The van der Waals surface area contributed by atoms with Crippen molar-refractivity contribution in [3.8, 4) is 11.3 Å². The van der Waals surface area contributed by atoms with Crippen molar-refractivity contribution < 1.29 is 18.0 Å². The molecule has 0 spiro atoms. The summed E-state index contributed by atoms with van der Waals surface area (Å²) < 4.78 is 44.6. The molecule has 0 bridgehead atoms. The number of allylic oxidation sites excluding steroid dienone is 1. The minimum atomic E-state index is -2.93. The van der Waals surface area contributed by atoms with E-state index in [4.69, 9.17) is 4.98 Å². The highest BCUT2D eigenvalue weighted by Gasteiger charge is 2.47. The van der Waals surface area contributed by atoms with Crippen LogP contribution in [0.5, 0.6) is 0 Å². The summed E-state index contributed by atoms with van der Waals surface area (Å²) in [5.41, 5.74) is 1.76. The van der Waals surface area contributed by atoms with Gasteiger partial charge in [-0.3, -0.25) is 9.78 Å². The lowest BCUT2D eigenvalue weighted by atomic mass is 9.77. The number of halogens is 3. The summed E-state index contributed by atoms with van der Waals surface area (Å²) in [7, 11) is 0. The molecule has 2 heterocycles. The molecular weight excluding hydrogens is 547 g/mol. The van der Waals surface area contributed by atoms with Crippen molar-refractivity contribution in [2.45, 2.75) is 42.8 Å². The Balaban J connectivity index is 1.42. The summed E-state index contributed by atoms with van der Waals surface area (Å²) >= 11 is 0. The predicted molar refractivity (Wildman–Crippen MR) is 161 cm³/mol. The standard InChI is InChI=1S/C36H30F3N3O/c37-34(20-22-35(38,39)23-21-34)33(43)19-18-31-30(17-10-24-40-31)32-25-42(26-41-32)36(27-11-4-1-5-12-27,28-13-6-2-7-14-28)29-15-8-3-9-16-29/h1-19,24-26H,20-23H2/b19-18+. The Hall–Kier alpha value is -4.78. The summed E-state index contributed by atoms with van der Waals surface area (Å²) in [4.78, 5) is 22.0. The first kappa shape index (κ1) is 28.3. The predicted octanol–water partition coefficient (Wildman–Crippen LogP) is 8.29. The van der Waals surface area contributed by atoms with Gasteiger partial charge in [0.1, 0.15) is 5.54 Å². The molecule has 0 N–H and O–H groups in total. The normalized spacial score (nSPS) is 16.3. The van der Waals surface area contributed by atoms with Crippen LogP contribution < -0.4 is 0 Å². The largest absolute Gasteiger partial charge is 0.318 e. The van der Waals surface area contributed by atoms with Gasteiger partial charge in [0.15, 0.2) is 11.5 Å². The summed E-state index contributed by atoms with van der Waals surface area (Å²) in [6.07, 6.45) is 5.61. The van der Waals surface area contributed by atoms with E-state index < -0.39 is 48.6 Å². The van der Waals surface area contributed by atoms with Crippen LogP contribution in [0.1, 0.15) is 48.1 Å². The molecule has 1 saturated carbocycles. The third kappa shape index (κ3) is 5.43. The summed E-state index contributed by atoms with van der Waals surface area (Å²) in [6.45, 7) is 0. The van der Waals surface area contributed by atoms with Gasteiger partial charge in [0.25, 0.3) is 0 Å². The molecule has 0 saturated heterocycles. The SMILES string of the molecule is O=C(/C=C/c1ncccc1-c1cn(C(c2ccccc2)(c2ccccc2)c2ccccc2)cn1)C1(F)CCC(F)(F)CC1. The van der Waals surface area contributed by atoms with E-state index in [1.165, 1.54) is 6.08 Å². The smallest absolute Gasteiger partial charge is 0.248 e. The van der Waals surface area contributed by atoms with Gasteiger partial charge in [-0.25, -0.2) is 18.2 Å². The number of nitrogens with zero attached hydrogens (tertiary/aromatic N) is 3. The Labute approximate surface area is 248 Å². The molecule has 3 aromatic carbocycles. The maximum atomic E-state index is 15.3. The number of pyridine rings is 1. The third-order valence-electron chi connectivity index (χ3n) is 8.27. The second-order valence-corrected chi connectivity index (χ2v) is 10.9. The highest BCUT2D eigenvalue weighted by molar-refractivity contribution is 6.00. The number of alkyl halides is 3. The minimum Gasteiger partial charge on any atom is -0.318 e. The molecule has 6 rings (SSSR count). The first-order chi connectivity index (χ1) is 20.8. The lowest BCUT2D eigenvalue weighted by Gasteiger charge is -2.37. The number of hydrogen-bond donors (Lipinski definition) is 0. The van der Waals surface area contributed by atoms with E-state index in [2.05, 4.69) is 45.9 Å². The number of hydrogen-bond acceptors (Lipinski definition) is 3. The van der Waals surface area contributed by atoms with Gasteiger partial charge < -0.3 is 4.57 Å². The van der Waals surface area contributed by atoms with Crippen LogP contribution in [-0.4, -0.2) is 31.9 Å². The van der Waals surface area contributed by atoms with Gasteiger partial charge >= 0.3 is 0 Å². The maximum Gasteiger partial charge on any atom is 0.248 e. The average Bonchev–Trinajstić information content (AvgIpc) is 3.54. The topological polar surface area (TPSA) is 47.8 Å². The third-order valence-corrected chi connectivity index (χ3v) is 8.27. The Morgan fingerprint density at radius 3 is 1.79 bits per heavy atom. The number of ketones is 1. The van der Waals surface area contributed by atoms with Crippen molar-refractivity contribution >= 4 is 11.9 Å². The van der Waals surface area contributed by atoms with Crippen molar-refractivity contribution in [1.82, 2.24) is 14.5 Å². The van der Waals surface area contributed by atoms with Crippen LogP contribution in [0.3, 0.4) is 0 Å². The van der Waals surface area contributed by atoms with Gasteiger partial charge in [-0.1, -0.05) is 91.0 Å². The molecule has 0 atom stereocenters. The van der Waals surface area contributed by atoms with Gasteiger partial charge in [0, 0.05) is 30.8 Å². The molecule has 43 heavy (non-hydrogen) atoms. The maximum absolute atomic E-state index is 15.3. The van der Waals surface area contributed by atoms with Crippen molar-refractivity contribution in [3.63, 3.8) is 0 Å². The van der Waals surface area contributed by atoms with Gasteiger partial charge in [-0.05, 0) is 53.8 Å². The zero-order valence-electron chi connectivity index (χ0n) is 23.4. The number of rotatable bonds is 8. The molecule has 2 aromatic heterocycles. The first-order valence-electron chi connectivity index (χ1n) is 14.3. The van der Waals surface area contributed by atoms with E-state index in [1.54, 1.807) is 18.6 Å². The summed E-state index contributed by atoms with van der Waals surface area (Å²) in [6, 6.07) is 34.2. The Morgan fingerprint density at radius 1 is 0.721 bits per heavy atom. The molecule has 0 radical (unpaired) electrons. The van der Waals surface area contributed by atoms with Crippen molar-refractivity contribution in [3.05, 3.63) is 150 Å². The van der Waals surface area contributed by atoms with E-state index in [0.29, 0.717) is 17.0 Å². The first-order valence-corrected chi connectivity index (χ1v) is 14.3. The van der Waals surface area contributed by atoms with E-state index in [-0.39, 0.29) is 0 Å². The van der Waals surface area contributed by atoms with Crippen LogP contribution in [0.2, 0.25) is 0 Å². The highest BCUT2D eigenvalue weighted by Crippen LogP contribution is 2.43. The van der Waals surface area contributed by atoms with E-state index in [1.807, 2.05) is 66.9 Å². The molecule has 216 valence electrons. The average molecular weight is 578 g/mol. The lowest BCUT2D eigenvalue weighted by molar-refractivity contribution is -0.134. The van der Waals surface area contributed by atoms with Crippen LogP contribution in [0.25, 0.3) is 17.3 Å². The molecule has 5 aromatic rings. The number of benzene rings is 3. The van der Waals surface area contributed by atoms with Gasteiger partial charge in [-0.15, -0.1) is 0 Å². The molecule has 7 heteroatoms. The fourth-order valence-electron chi connectivity index (χ4n) is 5.96. The second-order valence-electron chi connectivity index (χ2n) is 10.9. The summed E-state index contributed by atoms with van der Waals surface area (Å²) in [5, 5.41) is 0. The fourth-order valence-corrected chi connectivity index (χ4v) is 5.96. The second kappa shape index (κ2) is 11.5. The summed E-state index contributed by atoms with van der Waals surface area (Å²) in [5.74, 6) is -3.75. The zero-order chi connectivity index (χ0) is 29.9. The highest BCUT2D eigenvalue weighted by atomic mass is 19.3. The fraction of sp³-hybridized carbons (Fsp3) is 0.194. The van der Waals surface area contributed by atoms with Crippen LogP contribution >= 0.6 is 0 Å². The van der Waals surface area contributed by atoms with Crippen LogP contribution in [0.15, 0.2) is 128 Å².